The third kappa shape index (κ3) is 7.97. The highest BCUT2D eigenvalue weighted by molar-refractivity contribution is 9.10. The fourth-order valence-corrected chi connectivity index (χ4v) is 6.04. The number of nitrogens with one attached hydrogen (secondary N) is 1. The average molecular weight is 655 g/mol. The van der Waals surface area contributed by atoms with E-state index in [1.807, 2.05) is 6.92 Å². The first-order chi connectivity index (χ1) is 18.6. The largest absolute Gasteiger partial charge is 0.354 e. The van der Waals surface area contributed by atoms with Crippen molar-refractivity contribution in [1.82, 2.24) is 10.2 Å². The van der Waals surface area contributed by atoms with E-state index >= 15 is 0 Å². The molecule has 0 bridgehead atoms. The first-order valence-electron chi connectivity index (χ1n) is 12.4. The molecule has 3 rings (SSSR count). The van der Waals surface area contributed by atoms with Crippen molar-refractivity contribution >= 4 is 66.7 Å². The van der Waals surface area contributed by atoms with Crippen LogP contribution in [0.25, 0.3) is 0 Å². The van der Waals surface area contributed by atoms with Gasteiger partial charge in [0.1, 0.15) is 12.6 Å². The lowest BCUT2D eigenvalue weighted by Gasteiger charge is -2.32. The average Bonchev–Trinajstić information content (AvgIpc) is 2.92. The highest BCUT2D eigenvalue weighted by atomic mass is 79.9. The molecule has 0 heterocycles. The summed E-state index contributed by atoms with van der Waals surface area (Å²) in [6, 6.07) is 18.5. The van der Waals surface area contributed by atoms with Crippen LogP contribution in [0.5, 0.6) is 0 Å². The van der Waals surface area contributed by atoms with Crippen LogP contribution in [0.2, 0.25) is 10.0 Å². The van der Waals surface area contributed by atoms with E-state index in [-0.39, 0.29) is 17.3 Å². The minimum atomic E-state index is -4.13. The van der Waals surface area contributed by atoms with Crippen LogP contribution in [-0.2, 0) is 26.2 Å². The number of carbonyl (C=O) groups excluding carboxylic acids is 2. The van der Waals surface area contributed by atoms with Crippen molar-refractivity contribution in [3.05, 3.63) is 92.9 Å². The second kappa shape index (κ2) is 14.2. The van der Waals surface area contributed by atoms with Crippen LogP contribution < -0.4 is 9.62 Å². The normalized spacial score (nSPS) is 12.0. The Morgan fingerprint density at radius 3 is 2.15 bits per heavy atom. The van der Waals surface area contributed by atoms with Gasteiger partial charge in [0.15, 0.2) is 0 Å². The number of halogens is 3. The van der Waals surface area contributed by atoms with E-state index in [2.05, 4.69) is 21.2 Å². The predicted octanol–water partition coefficient (Wildman–Crippen LogP) is 6.28. The first kappa shape index (κ1) is 30.9. The van der Waals surface area contributed by atoms with E-state index in [9.17, 15) is 18.0 Å². The number of hydrogen-bond donors (Lipinski definition) is 1. The zero-order valence-corrected chi connectivity index (χ0v) is 25.5. The Bertz CT molecular complexity index is 1370. The number of hydrogen-bond acceptors (Lipinski definition) is 4. The van der Waals surface area contributed by atoms with E-state index in [1.54, 1.807) is 67.6 Å². The van der Waals surface area contributed by atoms with Gasteiger partial charge < -0.3 is 10.2 Å². The van der Waals surface area contributed by atoms with Crippen LogP contribution in [0.4, 0.5) is 5.69 Å². The molecule has 208 valence electrons. The number of benzene rings is 3. The van der Waals surface area contributed by atoms with Gasteiger partial charge in [0.05, 0.1) is 10.6 Å². The molecule has 3 aromatic carbocycles. The van der Waals surface area contributed by atoms with Gasteiger partial charge in [0.25, 0.3) is 10.0 Å². The monoisotopic (exact) mass is 653 g/mol. The van der Waals surface area contributed by atoms with Gasteiger partial charge in [-0.05, 0) is 61.9 Å². The van der Waals surface area contributed by atoms with Gasteiger partial charge in [0.2, 0.25) is 11.8 Å². The topological polar surface area (TPSA) is 86.8 Å². The SMILES string of the molecule is CCCCNC(=O)[C@@H](C)N(Cc1c(Cl)cccc1Cl)C(=O)CN(c1ccc(Br)cc1)S(=O)(=O)c1ccccc1. The highest BCUT2D eigenvalue weighted by Crippen LogP contribution is 2.29. The third-order valence-corrected chi connectivity index (χ3v) is 9.14. The number of amides is 2. The highest BCUT2D eigenvalue weighted by Gasteiger charge is 2.33. The summed E-state index contributed by atoms with van der Waals surface area (Å²) in [5.41, 5.74) is 0.759. The van der Waals surface area contributed by atoms with Crippen molar-refractivity contribution in [1.29, 1.82) is 0 Å². The van der Waals surface area contributed by atoms with E-state index in [1.165, 1.54) is 17.0 Å². The lowest BCUT2D eigenvalue weighted by molar-refractivity contribution is -0.139. The quantitative estimate of drug-likeness (QED) is 0.233. The lowest BCUT2D eigenvalue weighted by atomic mass is 10.1. The molecule has 0 fully saturated rings. The number of rotatable bonds is 12. The molecule has 2 amide bonds. The summed E-state index contributed by atoms with van der Waals surface area (Å²) in [6.07, 6.45) is 1.68. The Balaban J connectivity index is 2.02. The van der Waals surface area contributed by atoms with E-state index in [4.69, 9.17) is 23.2 Å². The number of nitrogens with zero attached hydrogens (tertiary/aromatic N) is 2. The molecule has 11 heteroatoms. The summed E-state index contributed by atoms with van der Waals surface area (Å²) >= 11 is 16.2. The molecule has 0 saturated heterocycles. The Kier molecular flexibility index (Phi) is 11.2. The number of carbonyl (C=O) groups is 2. The van der Waals surface area contributed by atoms with Crippen molar-refractivity contribution in [2.24, 2.45) is 0 Å². The zero-order valence-electron chi connectivity index (χ0n) is 21.6. The predicted molar refractivity (Wildman–Crippen MR) is 160 cm³/mol. The molecule has 7 nitrogen and oxygen atoms in total. The third-order valence-electron chi connectivity index (χ3n) is 6.11. The van der Waals surface area contributed by atoms with Crippen molar-refractivity contribution < 1.29 is 18.0 Å². The lowest BCUT2D eigenvalue weighted by Crippen LogP contribution is -2.51. The summed E-state index contributed by atoms with van der Waals surface area (Å²) in [5.74, 6) is -0.951. The minimum absolute atomic E-state index is 0.0341. The fraction of sp³-hybridized carbons (Fsp3) is 0.286. The molecule has 0 aliphatic heterocycles. The van der Waals surface area contributed by atoms with Gasteiger partial charge in [-0.1, -0.05) is 76.7 Å². The fourth-order valence-electron chi connectivity index (χ4n) is 3.83. The number of sulfonamides is 1. The van der Waals surface area contributed by atoms with Crippen LogP contribution in [0.3, 0.4) is 0 Å². The molecule has 0 aliphatic rings. The minimum Gasteiger partial charge on any atom is -0.354 e. The van der Waals surface area contributed by atoms with E-state index in [0.717, 1.165) is 21.6 Å². The van der Waals surface area contributed by atoms with Gasteiger partial charge in [0, 0.05) is 33.2 Å². The van der Waals surface area contributed by atoms with Crippen molar-refractivity contribution in [3.63, 3.8) is 0 Å². The molecule has 1 atom stereocenters. The molecular formula is C28H30BrCl2N3O4S. The van der Waals surface area contributed by atoms with Crippen LogP contribution in [0.1, 0.15) is 32.3 Å². The van der Waals surface area contributed by atoms with Crippen molar-refractivity contribution in [2.45, 2.75) is 44.2 Å². The summed E-state index contributed by atoms with van der Waals surface area (Å²) < 4.78 is 29.3. The van der Waals surface area contributed by atoms with Crippen LogP contribution in [-0.4, -0.2) is 44.3 Å². The molecule has 3 aromatic rings. The van der Waals surface area contributed by atoms with Gasteiger partial charge in [-0.2, -0.15) is 0 Å². The Labute approximate surface area is 248 Å². The molecule has 39 heavy (non-hydrogen) atoms. The van der Waals surface area contributed by atoms with Crippen LogP contribution >= 0.6 is 39.1 Å². The van der Waals surface area contributed by atoms with Gasteiger partial charge in [-0.15, -0.1) is 0 Å². The second-order valence-electron chi connectivity index (χ2n) is 8.84. The van der Waals surface area contributed by atoms with Gasteiger partial charge in [-0.3, -0.25) is 13.9 Å². The standard InChI is InChI=1S/C28H30BrCl2N3O4S/c1-3-4-17-32-28(36)20(2)33(18-24-25(30)11-8-12-26(24)31)27(35)19-34(22-15-13-21(29)14-16-22)39(37,38)23-9-6-5-7-10-23/h5-16,20H,3-4,17-19H2,1-2H3,(H,32,36)/t20-/m1/s1. The molecule has 1 N–H and O–H groups in total. The molecule has 0 aromatic heterocycles. The molecule has 0 radical (unpaired) electrons. The molecular weight excluding hydrogens is 625 g/mol. The zero-order chi connectivity index (χ0) is 28.6. The smallest absolute Gasteiger partial charge is 0.264 e. The maximum Gasteiger partial charge on any atom is 0.264 e. The second-order valence-corrected chi connectivity index (χ2v) is 12.4. The maximum absolute atomic E-state index is 13.9. The number of unbranched alkanes of at least 4 members (excludes halogenated alkanes) is 1. The summed E-state index contributed by atoms with van der Waals surface area (Å²) in [6.45, 7) is 3.43. The van der Waals surface area contributed by atoms with Crippen LogP contribution in [0, 0.1) is 0 Å². The maximum atomic E-state index is 13.9. The summed E-state index contributed by atoms with van der Waals surface area (Å²) in [5, 5.41) is 3.51. The first-order valence-corrected chi connectivity index (χ1v) is 15.4. The summed E-state index contributed by atoms with van der Waals surface area (Å²) in [4.78, 5) is 28.3. The van der Waals surface area contributed by atoms with Crippen LogP contribution in [0.15, 0.2) is 82.2 Å². The summed E-state index contributed by atoms with van der Waals surface area (Å²) in [7, 11) is -4.13. The van der Waals surface area contributed by atoms with E-state index < -0.39 is 28.5 Å². The van der Waals surface area contributed by atoms with Crippen molar-refractivity contribution in [3.8, 4) is 0 Å². The number of anilines is 1. The van der Waals surface area contributed by atoms with Gasteiger partial charge in [-0.25, -0.2) is 8.42 Å². The molecule has 0 saturated carbocycles. The molecule has 0 spiro atoms. The molecule has 0 unspecified atom stereocenters. The Morgan fingerprint density at radius 2 is 1.56 bits per heavy atom. The van der Waals surface area contributed by atoms with E-state index in [0.29, 0.717) is 27.8 Å². The van der Waals surface area contributed by atoms with Crippen molar-refractivity contribution in [2.75, 3.05) is 17.4 Å². The Morgan fingerprint density at radius 1 is 0.949 bits per heavy atom. The Hall–Kier alpha value is -2.59. The van der Waals surface area contributed by atoms with Gasteiger partial charge >= 0.3 is 0 Å². The molecule has 0 aliphatic carbocycles.